The lowest BCUT2D eigenvalue weighted by molar-refractivity contribution is -0.137. The van der Waals surface area contributed by atoms with E-state index in [1.165, 1.54) is 0 Å². The van der Waals surface area contributed by atoms with Crippen LogP contribution >= 0.6 is 0 Å². The Kier molecular flexibility index (Phi) is 5.57. The summed E-state index contributed by atoms with van der Waals surface area (Å²) in [5.74, 6) is -0.861. The molecule has 1 aliphatic heterocycles. The van der Waals surface area contributed by atoms with Crippen LogP contribution in [-0.2, 0) is 21.4 Å². The van der Waals surface area contributed by atoms with E-state index < -0.39 is 11.4 Å². The summed E-state index contributed by atoms with van der Waals surface area (Å²) < 4.78 is 5.80. The van der Waals surface area contributed by atoms with Crippen LogP contribution in [0.5, 0.6) is 5.75 Å². The first kappa shape index (κ1) is 21.4. The normalized spacial score (nSPS) is 20.1. The van der Waals surface area contributed by atoms with E-state index >= 15 is 0 Å². The molecule has 32 heavy (non-hydrogen) atoms. The molecule has 0 aromatic heterocycles. The molecule has 1 spiro atoms. The Balaban J connectivity index is 1.53. The van der Waals surface area contributed by atoms with Crippen molar-refractivity contribution < 1.29 is 24.2 Å². The van der Waals surface area contributed by atoms with Gasteiger partial charge in [-0.15, -0.1) is 0 Å². The average Bonchev–Trinajstić information content (AvgIpc) is 3.42. The number of amides is 2. The number of aliphatic carboxylic acids is 1. The molecule has 1 aliphatic carbocycles. The second-order valence-electron chi connectivity index (χ2n) is 8.18. The highest BCUT2D eigenvalue weighted by Crippen LogP contribution is 2.60. The van der Waals surface area contributed by atoms with Crippen LogP contribution < -0.4 is 15.4 Å². The van der Waals surface area contributed by atoms with Crippen molar-refractivity contribution in [1.82, 2.24) is 5.32 Å². The number of hydrogen-bond acceptors (Lipinski definition) is 4. The zero-order valence-corrected chi connectivity index (χ0v) is 17.6. The van der Waals surface area contributed by atoms with Crippen molar-refractivity contribution in [3.63, 3.8) is 0 Å². The van der Waals surface area contributed by atoms with Crippen molar-refractivity contribution in [3.8, 4) is 5.75 Å². The Bertz CT molecular complexity index is 1150. The van der Waals surface area contributed by atoms with Crippen LogP contribution in [0.25, 0.3) is 4.85 Å². The van der Waals surface area contributed by atoms with E-state index in [0.717, 1.165) is 11.1 Å². The van der Waals surface area contributed by atoms with Gasteiger partial charge in [0.15, 0.2) is 5.69 Å². The highest BCUT2D eigenvalue weighted by atomic mass is 16.5. The van der Waals surface area contributed by atoms with Crippen LogP contribution in [0.1, 0.15) is 40.7 Å². The molecular formula is C24H23N3O5. The topological polar surface area (TPSA) is 109 Å². The first-order chi connectivity index (χ1) is 15.4. The third-order valence-electron chi connectivity index (χ3n) is 6.20. The number of ether oxygens (including phenoxy) is 1. The molecule has 1 saturated carbocycles. The van der Waals surface area contributed by atoms with Crippen molar-refractivity contribution in [3.05, 3.63) is 64.5 Å². The van der Waals surface area contributed by atoms with Gasteiger partial charge in [0.25, 0.3) is 5.91 Å². The molecule has 4 rings (SSSR count). The van der Waals surface area contributed by atoms with Crippen molar-refractivity contribution in [2.75, 3.05) is 19.0 Å². The first-order valence-corrected chi connectivity index (χ1v) is 10.4. The van der Waals surface area contributed by atoms with Gasteiger partial charge in [-0.1, -0.05) is 12.1 Å². The van der Waals surface area contributed by atoms with Gasteiger partial charge in [-0.05, 0) is 49.1 Å². The molecule has 0 bridgehead atoms. The molecular weight excluding hydrogens is 410 g/mol. The van der Waals surface area contributed by atoms with Gasteiger partial charge in [-0.3, -0.25) is 14.4 Å². The van der Waals surface area contributed by atoms with E-state index in [4.69, 9.17) is 16.4 Å². The molecule has 2 amide bonds. The third-order valence-corrected chi connectivity index (χ3v) is 6.20. The number of aryl methyl sites for hydroxylation is 1. The number of carboxylic acid groups (broad SMARTS) is 1. The third kappa shape index (κ3) is 3.89. The molecule has 8 heteroatoms. The minimum Gasteiger partial charge on any atom is -0.492 e. The van der Waals surface area contributed by atoms with Crippen LogP contribution in [0.4, 0.5) is 11.4 Å². The van der Waals surface area contributed by atoms with Crippen molar-refractivity contribution in [2.24, 2.45) is 5.92 Å². The minimum absolute atomic E-state index is 0.0332. The zero-order chi connectivity index (χ0) is 22.9. The largest absolute Gasteiger partial charge is 0.492 e. The first-order valence-electron chi connectivity index (χ1n) is 10.4. The number of rotatable bonds is 7. The molecule has 0 saturated heterocycles. The predicted molar refractivity (Wildman–Crippen MR) is 117 cm³/mol. The Morgan fingerprint density at radius 2 is 2.06 bits per heavy atom. The van der Waals surface area contributed by atoms with Crippen LogP contribution in [0.3, 0.4) is 0 Å². The second kappa shape index (κ2) is 8.35. The summed E-state index contributed by atoms with van der Waals surface area (Å²) in [7, 11) is 1.57. The molecule has 2 atom stereocenters. The number of nitrogens with one attached hydrogen (secondary N) is 2. The maximum Gasteiger partial charge on any atom is 0.303 e. The standard InChI is InChI=1S/C24H23N3O5/c1-25-16-8-6-14(4-3-5-21(28)29)19(11-16)27-23(31)18-12-24(18)13-32-20-9-7-15(10-17(20)24)22(30)26-2/h6-11,18H,3-5,12-13H2,2H3,(H,26,30)(H,27,31)(H,28,29)/t18-,24+/m0/s1. The van der Waals surface area contributed by atoms with E-state index in [9.17, 15) is 14.4 Å². The van der Waals surface area contributed by atoms with Gasteiger partial charge in [-0.25, -0.2) is 4.85 Å². The van der Waals surface area contributed by atoms with Gasteiger partial charge in [0.1, 0.15) is 5.75 Å². The van der Waals surface area contributed by atoms with Gasteiger partial charge in [0.2, 0.25) is 5.91 Å². The fourth-order valence-electron chi connectivity index (χ4n) is 4.34. The maximum absolute atomic E-state index is 13.1. The zero-order valence-electron chi connectivity index (χ0n) is 17.6. The molecule has 2 aromatic carbocycles. The summed E-state index contributed by atoms with van der Waals surface area (Å²) in [4.78, 5) is 39.4. The Morgan fingerprint density at radius 3 is 2.78 bits per heavy atom. The summed E-state index contributed by atoms with van der Waals surface area (Å²) in [5, 5.41) is 14.4. The van der Waals surface area contributed by atoms with Gasteiger partial charge < -0.3 is 20.5 Å². The highest BCUT2D eigenvalue weighted by molar-refractivity contribution is 5.98. The molecule has 2 aliphatic rings. The molecule has 1 heterocycles. The number of hydrogen-bond donors (Lipinski definition) is 3. The fraction of sp³-hybridized carbons (Fsp3) is 0.333. The average molecular weight is 433 g/mol. The number of fused-ring (bicyclic) bond motifs is 2. The van der Waals surface area contributed by atoms with Crippen LogP contribution in [0, 0.1) is 12.5 Å². The molecule has 8 nitrogen and oxygen atoms in total. The Labute approximate surface area is 185 Å². The van der Waals surface area contributed by atoms with Gasteiger partial charge in [0.05, 0.1) is 19.1 Å². The van der Waals surface area contributed by atoms with E-state index in [2.05, 4.69) is 15.5 Å². The molecule has 3 N–H and O–H groups in total. The van der Waals surface area contributed by atoms with Gasteiger partial charge >= 0.3 is 5.97 Å². The summed E-state index contributed by atoms with van der Waals surface area (Å²) >= 11 is 0. The van der Waals surface area contributed by atoms with Crippen LogP contribution in [0.2, 0.25) is 0 Å². The number of nitrogens with zero attached hydrogens (tertiary/aromatic N) is 1. The molecule has 1 fully saturated rings. The smallest absolute Gasteiger partial charge is 0.303 e. The van der Waals surface area contributed by atoms with Crippen LogP contribution in [0.15, 0.2) is 36.4 Å². The predicted octanol–water partition coefficient (Wildman–Crippen LogP) is 3.29. The minimum atomic E-state index is -0.871. The van der Waals surface area contributed by atoms with E-state index in [1.54, 1.807) is 43.4 Å². The lowest BCUT2D eigenvalue weighted by Gasteiger charge is -2.14. The SMILES string of the molecule is [C-]#[N+]c1ccc(CCCC(=O)O)c(NC(=O)[C@@H]2C[C@]23COc2ccc(C(=O)NC)cc23)c1. The molecule has 0 unspecified atom stereocenters. The van der Waals surface area contributed by atoms with Gasteiger partial charge in [-0.2, -0.15) is 0 Å². The molecule has 164 valence electrons. The van der Waals surface area contributed by atoms with E-state index in [1.807, 2.05) is 0 Å². The lowest BCUT2D eigenvalue weighted by Crippen LogP contribution is -2.23. The summed E-state index contributed by atoms with van der Waals surface area (Å²) in [6.07, 6.45) is 1.56. The fourth-order valence-corrected chi connectivity index (χ4v) is 4.34. The van der Waals surface area contributed by atoms with Crippen LogP contribution in [-0.4, -0.2) is 36.5 Å². The van der Waals surface area contributed by atoms with E-state index in [-0.39, 0.29) is 24.2 Å². The Hall–Kier alpha value is -3.86. The maximum atomic E-state index is 13.1. The molecule has 0 radical (unpaired) electrons. The van der Waals surface area contributed by atoms with Crippen molar-refractivity contribution in [1.29, 1.82) is 0 Å². The second-order valence-corrected chi connectivity index (χ2v) is 8.18. The van der Waals surface area contributed by atoms with E-state index in [0.29, 0.717) is 48.6 Å². The number of benzene rings is 2. The highest BCUT2D eigenvalue weighted by Gasteiger charge is 2.63. The summed E-state index contributed by atoms with van der Waals surface area (Å²) in [5.41, 5.74) is 2.67. The number of carbonyl (C=O) groups is 3. The number of anilines is 1. The monoisotopic (exact) mass is 433 g/mol. The van der Waals surface area contributed by atoms with Gasteiger partial charge in [0, 0.05) is 35.7 Å². The van der Waals surface area contributed by atoms with Crippen molar-refractivity contribution >= 4 is 29.2 Å². The summed E-state index contributed by atoms with van der Waals surface area (Å²) in [6, 6.07) is 10.3. The molecule has 2 aromatic rings. The Morgan fingerprint density at radius 1 is 1.25 bits per heavy atom. The lowest BCUT2D eigenvalue weighted by atomic mass is 9.93. The van der Waals surface area contributed by atoms with Crippen molar-refractivity contribution in [2.45, 2.75) is 31.1 Å². The quantitative estimate of drug-likeness (QED) is 0.581. The number of carbonyl (C=O) groups excluding carboxylic acids is 2. The number of carboxylic acids is 1. The summed E-state index contributed by atoms with van der Waals surface area (Å²) in [6.45, 7) is 7.63.